The Morgan fingerprint density at radius 1 is 1.54 bits per heavy atom. The summed E-state index contributed by atoms with van der Waals surface area (Å²) in [7, 11) is 0. The van der Waals surface area contributed by atoms with Crippen LogP contribution >= 0.6 is 0 Å². The van der Waals surface area contributed by atoms with E-state index in [1.54, 1.807) is 24.3 Å². The van der Waals surface area contributed by atoms with Gasteiger partial charge in [-0.25, -0.2) is 4.79 Å². The number of aromatic carboxylic acids is 1. The highest BCUT2D eigenvalue weighted by Gasteiger charge is 2.00. The fourth-order valence-corrected chi connectivity index (χ4v) is 0.920. The molecule has 66 valence electrons. The Morgan fingerprint density at radius 2 is 2.31 bits per heavy atom. The van der Waals surface area contributed by atoms with Gasteiger partial charge in [0.05, 0.1) is 5.56 Å². The van der Waals surface area contributed by atoms with Crippen LogP contribution in [0.1, 0.15) is 29.3 Å². The zero-order valence-electron chi connectivity index (χ0n) is 7.37. The molecule has 2 heteroatoms. The lowest BCUT2D eigenvalue weighted by molar-refractivity contribution is 0.0697. The summed E-state index contributed by atoms with van der Waals surface area (Å²) in [5.41, 5.74) is 1.03. The van der Waals surface area contributed by atoms with Gasteiger partial charge in [0.1, 0.15) is 0 Å². The van der Waals surface area contributed by atoms with Gasteiger partial charge >= 0.3 is 5.97 Å². The number of rotatable bonds is 1. The van der Waals surface area contributed by atoms with Gasteiger partial charge < -0.3 is 5.11 Å². The Bertz CT molecular complexity index is 369. The first-order valence-electron chi connectivity index (χ1n) is 4.06. The highest BCUT2D eigenvalue weighted by atomic mass is 16.4. The van der Waals surface area contributed by atoms with Crippen LogP contribution in [0.25, 0.3) is 0 Å². The first kappa shape index (κ1) is 9.34. The summed E-state index contributed by atoms with van der Waals surface area (Å²) in [5.74, 6) is 4.85. The molecule has 2 nitrogen and oxygen atoms in total. The second-order valence-corrected chi connectivity index (χ2v) is 2.54. The van der Waals surface area contributed by atoms with Crippen LogP contribution in [-0.4, -0.2) is 11.1 Å². The van der Waals surface area contributed by atoms with E-state index in [0.29, 0.717) is 0 Å². The molecular formula is C11H10O2. The maximum atomic E-state index is 10.6. The summed E-state index contributed by atoms with van der Waals surface area (Å²) in [5, 5.41) is 8.69. The molecule has 1 N–H and O–H groups in total. The van der Waals surface area contributed by atoms with Crippen molar-refractivity contribution in [3.63, 3.8) is 0 Å². The van der Waals surface area contributed by atoms with Gasteiger partial charge in [-0.3, -0.25) is 0 Å². The van der Waals surface area contributed by atoms with Crippen LogP contribution in [0.4, 0.5) is 0 Å². The zero-order valence-corrected chi connectivity index (χ0v) is 7.37. The van der Waals surface area contributed by atoms with Crippen LogP contribution in [0.2, 0.25) is 0 Å². The number of carboxylic acid groups (broad SMARTS) is 1. The van der Waals surface area contributed by atoms with Gasteiger partial charge in [0, 0.05) is 12.0 Å². The molecular weight excluding hydrogens is 164 g/mol. The van der Waals surface area contributed by atoms with Crippen molar-refractivity contribution >= 4 is 5.97 Å². The summed E-state index contributed by atoms with van der Waals surface area (Å²) in [6.07, 6.45) is 0.775. The summed E-state index contributed by atoms with van der Waals surface area (Å²) in [6, 6.07) is 6.63. The minimum absolute atomic E-state index is 0.280. The van der Waals surface area contributed by atoms with Crippen molar-refractivity contribution < 1.29 is 9.90 Å². The minimum atomic E-state index is -0.917. The largest absolute Gasteiger partial charge is 0.478 e. The van der Waals surface area contributed by atoms with Crippen LogP contribution in [0.3, 0.4) is 0 Å². The van der Waals surface area contributed by atoms with Crippen molar-refractivity contribution in [2.45, 2.75) is 13.3 Å². The smallest absolute Gasteiger partial charge is 0.335 e. The first-order valence-corrected chi connectivity index (χ1v) is 4.06. The van der Waals surface area contributed by atoms with Gasteiger partial charge in [-0.2, -0.15) is 0 Å². The van der Waals surface area contributed by atoms with Gasteiger partial charge in [-0.15, -0.1) is 0 Å². The van der Waals surface area contributed by atoms with Crippen LogP contribution in [0.5, 0.6) is 0 Å². The number of carbonyl (C=O) groups is 1. The highest BCUT2D eigenvalue weighted by Crippen LogP contribution is 2.03. The van der Waals surface area contributed by atoms with Gasteiger partial charge in [0.25, 0.3) is 0 Å². The number of hydrogen-bond acceptors (Lipinski definition) is 1. The van der Waals surface area contributed by atoms with Crippen LogP contribution in [-0.2, 0) is 0 Å². The van der Waals surface area contributed by atoms with Crippen LogP contribution < -0.4 is 0 Å². The lowest BCUT2D eigenvalue weighted by Crippen LogP contribution is -1.95. The van der Waals surface area contributed by atoms with Crippen molar-refractivity contribution in [1.82, 2.24) is 0 Å². The third kappa shape index (κ3) is 2.64. The van der Waals surface area contributed by atoms with E-state index in [4.69, 9.17) is 5.11 Å². The predicted molar refractivity (Wildman–Crippen MR) is 50.6 cm³/mol. The Kier molecular flexibility index (Phi) is 3.10. The van der Waals surface area contributed by atoms with Crippen molar-refractivity contribution in [2.75, 3.05) is 0 Å². The van der Waals surface area contributed by atoms with E-state index in [9.17, 15) is 4.79 Å². The summed E-state index contributed by atoms with van der Waals surface area (Å²) >= 11 is 0. The van der Waals surface area contributed by atoms with Crippen LogP contribution in [0, 0.1) is 11.8 Å². The standard InChI is InChI=1S/C11H10O2/c1-2-3-5-9-6-4-7-10(8-9)11(12)13/h4,6-8H,2H2,1H3,(H,12,13). The number of benzene rings is 1. The molecule has 0 unspecified atom stereocenters. The summed E-state index contributed by atoms with van der Waals surface area (Å²) in [6.45, 7) is 1.95. The maximum absolute atomic E-state index is 10.6. The van der Waals surface area contributed by atoms with Gasteiger partial charge in [-0.05, 0) is 18.2 Å². The van der Waals surface area contributed by atoms with E-state index in [1.165, 1.54) is 0 Å². The van der Waals surface area contributed by atoms with Gasteiger partial charge in [0.15, 0.2) is 0 Å². The van der Waals surface area contributed by atoms with E-state index < -0.39 is 5.97 Å². The van der Waals surface area contributed by atoms with Crippen molar-refractivity contribution in [3.8, 4) is 11.8 Å². The SMILES string of the molecule is CCC#Cc1cccc(C(=O)O)c1. The molecule has 1 rings (SSSR count). The highest BCUT2D eigenvalue weighted by molar-refractivity contribution is 5.87. The molecule has 0 aliphatic heterocycles. The molecule has 0 spiro atoms. The molecule has 0 aliphatic carbocycles. The molecule has 0 amide bonds. The molecule has 0 saturated heterocycles. The van der Waals surface area contributed by atoms with Crippen molar-refractivity contribution in [1.29, 1.82) is 0 Å². The second-order valence-electron chi connectivity index (χ2n) is 2.54. The molecule has 0 bridgehead atoms. The Morgan fingerprint density at radius 3 is 2.92 bits per heavy atom. The molecule has 0 aliphatic rings. The third-order valence-electron chi connectivity index (χ3n) is 1.52. The molecule has 1 aromatic carbocycles. The quantitative estimate of drug-likeness (QED) is 0.662. The average molecular weight is 174 g/mol. The van der Waals surface area contributed by atoms with Gasteiger partial charge in [-0.1, -0.05) is 24.8 Å². The first-order chi connectivity index (χ1) is 6.24. The molecule has 0 radical (unpaired) electrons. The third-order valence-corrected chi connectivity index (χ3v) is 1.52. The van der Waals surface area contributed by atoms with Crippen molar-refractivity contribution in [2.24, 2.45) is 0 Å². The van der Waals surface area contributed by atoms with E-state index in [-0.39, 0.29) is 5.56 Å². The van der Waals surface area contributed by atoms with E-state index in [0.717, 1.165) is 12.0 Å². The van der Waals surface area contributed by atoms with Gasteiger partial charge in [0.2, 0.25) is 0 Å². The van der Waals surface area contributed by atoms with Crippen molar-refractivity contribution in [3.05, 3.63) is 35.4 Å². The number of carboxylic acids is 1. The Balaban J connectivity index is 2.98. The van der Waals surface area contributed by atoms with E-state index in [1.807, 2.05) is 6.92 Å². The topological polar surface area (TPSA) is 37.3 Å². The predicted octanol–water partition coefficient (Wildman–Crippen LogP) is 2.15. The maximum Gasteiger partial charge on any atom is 0.335 e. The number of hydrogen-bond donors (Lipinski definition) is 1. The molecule has 0 aromatic heterocycles. The molecule has 1 aromatic rings. The fourth-order valence-electron chi connectivity index (χ4n) is 0.920. The normalized spacial score (nSPS) is 8.69. The molecule has 0 atom stereocenters. The molecule has 0 saturated carbocycles. The fraction of sp³-hybridized carbons (Fsp3) is 0.182. The summed E-state index contributed by atoms with van der Waals surface area (Å²) < 4.78 is 0. The minimum Gasteiger partial charge on any atom is -0.478 e. The van der Waals surface area contributed by atoms with E-state index >= 15 is 0 Å². The average Bonchev–Trinajstić information content (AvgIpc) is 2.15. The Labute approximate surface area is 77.2 Å². The van der Waals surface area contributed by atoms with Crippen LogP contribution in [0.15, 0.2) is 24.3 Å². The molecule has 13 heavy (non-hydrogen) atoms. The summed E-state index contributed by atoms with van der Waals surface area (Å²) in [4.78, 5) is 10.6. The molecule has 0 heterocycles. The second kappa shape index (κ2) is 4.32. The lowest BCUT2D eigenvalue weighted by atomic mass is 10.1. The molecule has 0 fully saturated rings. The zero-order chi connectivity index (χ0) is 9.68. The van der Waals surface area contributed by atoms with E-state index in [2.05, 4.69) is 11.8 Å². The lowest BCUT2D eigenvalue weighted by Gasteiger charge is -1.93. The monoisotopic (exact) mass is 174 g/mol. The Hall–Kier alpha value is -1.75.